The molecule has 0 bridgehead atoms. The SMILES string of the molecule is Bc1cnc2ccc(Nc3ccccc3)cc2c1. The highest BCUT2D eigenvalue weighted by Gasteiger charge is 1.98. The molecule has 3 aromatic rings. The minimum Gasteiger partial charge on any atom is -0.356 e. The molecule has 0 aliphatic rings. The molecule has 2 aromatic carbocycles. The fourth-order valence-electron chi connectivity index (χ4n) is 2.01. The fraction of sp³-hybridized carbons (Fsp3) is 0. The van der Waals surface area contributed by atoms with Crippen LogP contribution in [0.2, 0.25) is 0 Å². The summed E-state index contributed by atoms with van der Waals surface area (Å²) in [6.07, 6.45) is 1.90. The van der Waals surface area contributed by atoms with Crippen molar-refractivity contribution in [3.05, 3.63) is 60.8 Å². The first-order valence-corrected chi connectivity index (χ1v) is 6.00. The number of fused-ring (bicyclic) bond motifs is 1. The van der Waals surface area contributed by atoms with Crippen molar-refractivity contribution < 1.29 is 0 Å². The number of pyridine rings is 1. The fourth-order valence-corrected chi connectivity index (χ4v) is 2.01. The van der Waals surface area contributed by atoms with Gasteiger partial charge in [0.2, 0.25) is 0 Å². The topological polar surface area (TPSA) is 24.9 Å². The van der Waals surface area contributed by atoms with Crippen LogP contribution in [0.25, 0.3) is 10.9 Å². The Balaban J connectivity index is 1.98. The predicted octanol–water partition coefficient (Wildman–Crippen LogP) is 2.24. The van der Waals surface area contributed by atoms with Gasteiger partial charge >= 0.3 is 0 Å². The van der Waals surface area contributed by atoms with Gasteiger partial charge in [-0.2, -0.15) is 0 Å². The summed E-state index contributed by atoms with van der Waals surface area (Å²) in [6, 6.07) is 18.5. The Morgan fingerprint density at radius 1 is 0.889 bits per heavy atom. The number of nitrogens with zero attached hydrogens (tertiary/aromatic N) is 1. The van der Waals surface area contributed by atoms with Crippen molar-refractivity contribution in [2.75, 3.05) is 5.32 Å². The van der Waals surface area contributed by atoms with Gasteiger partial charge in [-0.05, 0) is 30.3 Å². The van der Waals surface area contributed by atoms with Gasteiger partial charge in [0.1, 0.15) is 7.85 Å². The molecule has 3 rings (SSSR count). The van der Waals surface area contributed by atoms with E-state index in [-0.39, 0.29) is 0 Å². The van der Waals surface area contributed by atoms with E-state index in [0.29, 0.717) is 0 Å². The Morgan fingerprint density at radius 3 is 2.56 bits per heavy atom. The largest absolute Gasteiger partial charge is 0.356 e. The molecule has 2 nitrogen and oxygen atoms in total. The second-order valence-corrected chi connectivity index (χ2v) is 4.41. The standard InChI is InChI=1S/C15H13BN2/c16-12-8-11-9-14(6-7-15(11)17-10-12)18-13-4-2-1-3-5-13/h1-10,18H,16H2. The minimum atomic E-state index is 1.03. The number of rotatable bonds is 2. The van der Waals surface area contributed by atoms with Gasteiger partial charge in [-0.1, -0.05) is 29.7 Å². The molecule has 0 unspecified atom stereocenters. The molecule has 1 aromatic heterocycles. The predicted molar refractivity (Wildman–Crippen MR) is 79.6 cm³/mol. The lowest BCUT2D eigenvalue weighted by Gasteiger charge is -2.07. The molecular weight excluding hydrogens is 219 g/mol. The second-order valence-electron chi connectivity index (χ2n) is 4.41. The number of benzene rings is 2. The van der Waals surface area contributed by atoms with E-state index in [0.717, 1.165) is 22.3 Å². The molecule has 0 aliphatic carbocycles. The first-order chi connectivity index (χ1) is 8.81. The lowest BCUT2D eigenvalue weighted by Crippen LogP contribution is -2.02. The summed E-state index contributed by atoms with van der Waals surface area (Å²) < 4.78 is 0. The summed E-state index contributed by atoms with van der Waals surface area (Å²) in [7, 11) is 2.06. The summed E-state index contributed by atoms with van der Waals surface area (Å²) in [6.45, 7) is 0. The van der Waals surface area contributed by atoms with Gasteiger partial charge in [0.25, 0.3) is 0 Å². The van der Waals surface area contributed by atoms with Crippen molar-refractivity contribution in [2.45, 2.75) is 0 Å². The molecule has 3 heteroatoms. The molecule has 0 radical (unpaired) electrons. The van der Waals surface area contributed by atoms with Crippen LogP contribution < -0.4 is 10.8 Å². The van der Waals surface area contributed by atoms with E-state index in [1.165, 1.54) is 5.46 Å². The zero-order valence-corrected chi connectivity index (χ0v) is 10.2. The molecule has 0 fully saturated rings. The maximum absolute atomic E-state index is 4.40. The smallest absolute Gasteiger partial charge is 0.141 e. The average molecular weight is 232 g/mol. The highest BCUT2D eigenvalue weighted by atomic mass is 14.9. The van der Waals surface area contributed by atoms with Crippen LogP contribution in [0.1, 0.15) is 0 Å². The summed E-state index contributed by atoms with van der Waals surface area (Å²) in [5.41, 5.74) is 4.39. The molecule has 0 saturated heterocycles. The van der Waals surface area contributed by atoms with Crippen LogP contribution in [-0.4, -0.2) is 12.8 Å². The molecule has 1 N–H and O–H groups in total. The van der Waals surface area contributed by atoms with E-state index in [1.54, 1.807) is 0 Å². The van der Waals surface area contributed by atoms with Crippen molar-refractivity contribution in [1.29, 1.82) is 0 Å². The summed E-state index contributed by atoms with van der Waals surface area (Å²) in [4.78, 5) is 4.40. The van der Waals surface area contributed by atoms with Gasteiger partial charge in [0.15, 0.2) is 0 Å². The number of aromatic nitrogens is 1. The molecule has 0 spiro atoms. The number of hydrogen-bond acceptors (Lipinski definition) is 2. The van der Waals surface area contributed by atoms with E-state index in [2.05, 4.69) is 48.5 Å². The van der Waals surface area contributed by atoms with Gasteiger partial charge in [-0.25, -0.2) is 0 Å². The lowest BCUT2D eigenvalue weighted by atomic mass is 9.97. The Bertz CT molecular complexity index is 680. The first-order valence-electron chi connectivity index (χ1n) is 6.00. The Kier molecular flexibility index (Phi) is 2.73. The molecule has 1 heterocycles. The third kappa shape index (κ3) is 2.20. The van der Waals surface area contributed by atoms with Crippen molar-refractivity contribution in [3.63, 3.8) is 0 Å². The molecule has 0 atom stereocenters. The molecule has 86 valence electrons. The van der Waals surface area contributed by atoms with Gasteiger partial charge < -0.3 is 5.32 Å². The quantitative estimate of drug-likeness (QED) is 0.685. The minimum absolute atomic E-state index is 1.03. The van der Waals surface area contributed by atoms with Crippen molar-refractivity contribution in [2.24, 2.45) is 0 Å². The Morgan fingerprint density at radius 2 is 1.72 bits per heavy atom. The monoisotopic (exact) mass is 232 g/mol. The Labute approximate surface area is 107 Å². The number of nitrogens with one attached hydrogen (secondary N) is 1. The van der Waals surface area contributed by atoms with E-state index >= 15 is 0 Å². The molecular formula is C15H13BN2. The number of hydrogen-bond donors (Lipinski definition) is 1. The highest BCUT2D eigenvalue weighted by molar-refractivity contribution is 6.32. The summed E-state index contributed by atoms with van der Waals surface area (Å²) in [5.74, 6) is 0. The van der Waals surface area contributed by atoms with E-state index in [1.807, 2.05) is 30.5 Å². The summed E-state index contributed by atoms with van der Waals surface area (Å²) >= 11 is 0. The van der Waals surface area contributed by atoms with Crippen LogP contribution in [0.15, 0.2) is 60.8 Å². The van der Waals surface area contributed by atoms with E-state index in [9.17, 15) is 0 Å². The average Bonchev–Trinajstić information content (AvgIpc) is 2.39. The second kappa shape index (κ2) is 4.53. The molecule has 0 aliphatic heterocycles. The van der Waals surface area contributed by atoms with Crippen molar-refractivity contribution in [1.82, 2.24) is 4.98 Å². The van der Waals surface area contributed by atoms with Crippen LogP contribution in [0.3, 0.4) is 0 Å². The first kappa shape index (κ1) is 10.8. The molecule has 18 heavy (non-hydrogen) atoms. The van der Waals surface area contributed by atoms with Gasteiger partial charge in [-0.3, -0.25) is 4.98 Å². The lowest BCUT2D eigenvalue weighted by molar-refractivity contribution is 1.43. The third-order valence-electron chi connectivity index (χ3n) is 2.88. The normalized spacial score (nSPS) is 10.4. The highest BCUT2D eigenvalue weighted by Crippen LogP contribution is 2.20. The van der Waals surface area contributed by atoms with E-state index in [4.69, 9.17) is 0 Å². The third-order valence-corrected chi connectivity index (χ3v) is 2.88. The maximum atomic E-state index is 4.40. The van der Waals surface area contributed by atoms with Crippen LogP contribution in [0, 0.1) is 0 Å². The Hall–Kier alpha value is -2.29. The van der Waals surface area contributed by atoms with Crippen molar-refractivity contribution in [3.8, 4) is 0 Å². The number of anilines is 2. The zero-order valence-electron chi connectivity index (χ0n) is 10.2. The molecule has 0 amide bonds. The summed E-state index contributed by atoms with van der Waals surface area (Å²) in [5, 5.41) is 4.55. The van der Waals surface area contributed by atoms with Crippen LogP contribution >= 0.6 is 0 Å². The zero-order chi connectivity index (χ0) is 12.4. The van der Waals surface area contributed by atoms with E-state index < -0.39 is 0 Å². The maximum Gasteiger partial charge on any atom is 0.141 e. The van der Waals surface area contributed by atoms with Gasteiger partial charge in [-0.15, -0.1) is 0 Å². The van der Waals surface area contributed by atoms with Crippen molar-refractivity contribution >= 4 is 35.6 Å². The van der Waals surface area contributed by atoms with Crippen LogP contribution in [0.5, 0.6) is 0 Å². The molecule has 0 saturated carbocycles. The van der Waals surface area contributed by atoms with Gasteiger partial charge in [0, 0.05) is 23.0 Å². The van der Waals surface area contributed by atoms with Gasteiger partial charge in [0.05, 0.1) is 5.52 Å². The van der Waals surface area contributed by atoms with Crippen LogP contribution in [0.4, 0.5) is 11.4 Å². The van der Waals surface area contributed by atoms with Crippen LogP contribution in [-0.2, 0) is 0 Å². The number of para-hydroxylation sites is 1.